The Hall–Kier alpha value is -0.610. The lowest BCUT2D eigenvalue weighted by Crippen LogP contribution is -2.47. The van der Waals surface area contributed by atoms with Crippen molar-refractivity contribution >= 4 is 5.91 Å². The molecule has 1 N–H and O–H groups in total. The van der Waals surface area contributed by atoms with E-state index in [-0.39, 0.29) is 6.04 Å². The van der Waals surface area contributed by atoms with E-state index in [4.69, 9.17) is 0 Å². The van der Waals surface area contributed by atoms with Gasteiger partial charge in [0, 0.05) is 32.2 Å². The van der Waals surface area contributed by atoms with E-state index < -0.39 is 0 Å². The van der Waals surface area contributed by atoms with Crippen LogP contribution in [0.5, 0.6) is 0 Å². The number of hydrogen-bond acceptors (Lipinski definition) is 3. The maximum absolute atomic E-state index is 12.3. The molecule has 0 bridgehead atoms. The van der Waals surface area contributed by atoms with Gasteiger partial charge < -0.3 is 10.2 Å². The highest BCUT2D eigenvalue weighted by molar-refractivity contribution is 5.82. The summed E-state index contributed by atoms with van der Waals surface area (Å²) >= 11 is 0. The second-order valence-corrected chi connectivity index (χ2v) is 5.77. The van der Waals surface area contributed by atoms with Crippen LogP contribution < -0.4 is 5.32 Å². The smallest absolute Gasteiger partial charge is 0.239 e. The van der Waals surface area contributed by atoms with E-state index >= 15 is 0 Å². The van der Waals surface area contributed by atoms with Crippen LogP contribution in [0.25, 0.3) is 0 Å². The van der Waals surface area contributed by atoms with Crippen molar-refractivity contribution in [3.63, 3.8) is 0 Å². The maximum Gasteiger partial charge on any atom is 0.239 e. The summed E-state index contributed by atoms with van der Waals surface area (Å²) in [6, 6.07) is 1.38. The molecule has 2 atom stereocenters. The van der Waals surface area contributed by atoms with Crippen molar-refractivity contribution in [2.24, 2.45) is 0 Å². The first-order valence-electron chi connectivity index (χ1n) is 7.00. The molecule has 0 aromatic heterocycles. The molecule has 4 nitrogen and oxygen atoms in total. The average Bonchev–Trinajstić information content (AvgIpc) is 2.87. The fraction of sp³-hybridized carbons (Fsp3) is 0.923. The maximum atomic E-state index is 12.3. The molecule has 1 aliphatic carbocycles. The zero-order valence-corrected chi connectivity index (χ0v) is 10.7. The normalized spacial score (nSPS) is 34.2. The second-order valence-electron chi connectivity index (χ2n) is 5.77. The summed E-state index contributed by atoms with van der Waals surface area (Å²) in [7, 11) is 1.99. The molecule has 2 aliphatic heterocycles. The van der Waals surface area contributed by atoms with Gasteiger partial charge in [-0.1, -0.05) is 0 Å². The zero-order valence-electron chi connectivity index (χ0n) is 10.7. The number of amides is 1. The molecule has 2 heterocycles. The molecule has 3 fully saturated rings. The van der Waals surface area contributed by atoms with Crippen LogP contribution in [0.2, 0.25) is 0 Å². The summed E-state index contributed by atoms with van der Waals surface area (Å²) in [6.45, 7) is 3.29. The Morgan fingerprint density at radius 3 is 2.76 bits per heavy atom. The molecular formula is C13H23N3O. The van der Waals surface area contributed by atoms with Gasteiger partial charge in [-0.25, -0.2) is 0 Å². The first-order valence-corrected chi connectivity index (χ1v) is 7.00. The van der Waals surface area contributed by atoms with E-state index in [1.54, 1.807) is 0 Å². The first kappa shape index (κ1) is 11.5. The highest BCUT2D eigenvalue weighted by Gasteiger charge is 2.37. The van der Waals surface area contributed by atoms with Crippen LogP contribution in [0.1, 0.15) is 32.1 Å². The predicted octanol–water partition coefficient (Wildman–Crippen LogP) is 0.434. The fourth-order valence-corrected chi connectivity index (χ4v) is 3.18. The van der Waals surface area contributed by atoms with Crippen LogP contribution in [0, 0.1) is 0 Å². The van der Waals surface area contributed by atoms with Gasteiger partial charge in [-0.05, 0) is 38.6 Å². The van der Waals surface area contributed by atoms with Crippen LogP contribution in [-0.2, 0) is 4.79 Å². The van der Waals surface area contributed by atoms with E-state index in [2.05, 4.69) is 10.2 Å². The first-order chi connectivity index (χ1) is 8.25. The van der Waals surface area contributed by atoms with Crippen molar-refractivity contribution in [1.82, 2.24) is 15.1 Å². The fourth-order valence-electron chi connectivity index (χ4n) is 3.18. The Balaban J connectivity index is 1.54. The molecule has 1 amide bonds. The van der Waals surface area contributed by atoms with Gasteiger partial charge in [-0.15, -0.1) is 0 Å². The molecule has 3 rings (SSSR count). The molecule has 0 spiro atoms. The lowest BCUT2D eigenvalue weighted by molar-refractivity contribution is -0.133. The summed E-state index contributed by atoms with van der Waals surface area (Å²) < 4.78 is 0. The zero-order chi connectivity index (χ0) is 11.8. The molecule has 0 aromatic rings. The summed E-state index contributed by atoms with van der Waals surface area (Å²) in [6.07, 6.45) is 6.06. The van der Waals surface area contributed by atoms with Gasteiger partial charge in [0.2, 0.25) is 5.91 Å². The molecule has 4 heteroatoms. The number of nitrogens with one attached hydrogen (secondary N) is 1. The summed E-state index contributed by atoms with van der Waals surface area (Å²) in [4.78, 5) is 16.8. The van der Waals surface area contributed by atoms with Gasteiger partial charge in [-0.2, -0.15) is 0 Å². The van der Waals surface area contributed by atoms with Crippen molar-refractivity contribution in [3.05, 3.63) is 0 Å². The molecular weight excluding hydrogens is 214 g/mol. The predicted molar refractivity (Wildman–Crippen MR) is 66.8 cm³/mol. The minimum absolute atomic E-state index is 0.0926. The highest BCUT2D eigenvalue weighted by atomic mass is 16.2. The number of nitrogens with zero attached hydrogens (tertiary/aromatic N) is 2. The van der Waals surface area contributed by atoms with E-state index in [9.17, 15) is 4.79 Å². The molecule has 17 heavy (non-hydrogen) atoms. The Labute approximate surface area is 103 Å². The van der Waals surface area contributed by atoms with E-state index in [0.717, 1.165) is 38.4 Å². The Kier molecular flexibility index (Phi) is 3.09. The van der Waals surface area contributed by atoms with Crippen molar-refractivity contribution in [1.29, 1.82) is 0 Å². The average molecular weight is 237 g/mol. The van der Waals surface area contributed by atoms with Crippen molar-refractivity contribution in [2.45, 2.75) is 50.2 Å². The van der Waals surface area contributed by atoms with Crippen molar-refractivity contribution in [3.8, 4) is 0 Å². The summed E-state index contributed by atoms with van der Waals surface area (Å²) in [5.74, 6) is 0.310. The second kappa shape index (κ2) is 4.58. The van der Waals surface area contributed by atoms with Gasteiger partial charge in [0.15, 0.2) is 0 Å². The lowest BCUT2D eigenvalue weighted by atomic mass is 10.1. The standard InChI is InChI=1S/C13H23N3O/c1-15(13(17)12-3-2-7-14-12)11-6-8-16(9-11)10-4-5-10/h10-12,14H,2-9H2,1H3. The topological polar surface area (TPSA) is 35.6 Å². The number of carbonyl (C=O) groups excluding carboxylic acids is 1. The van der Waals surface area contributed by atoms with Crippen molar-refractivity contribution in [2.75, 3.05) is 26.7 Å². The Morgan fingerprint density at radius 1 is 1.29 bits per heavy atom. The van der Waals surface area contributed by atoms with Crippen LogP contribution in [0.4, 0.5) is 0 Å². The van der Waals surface area contributed by atoms with Gasteiger partial charge >= 0.3 is 0 Å². The number of hydrogen-bond donors (Lipinski definition) is 1. The van der Waals surface area contributed by atoms with Gasteiger partial charge in [0.05, 0.1) is 6.04 Å². The van der Waals surface area contributed by atoms with Crippen LogP contribution in [-0.4, -0.2) is 60.5 Å². The molecule has 0 aromatic carbocycles. The number of carbonyl (C=O) groups is 1. The molecule has 1 saturated carbocycles. The van der Waals surface area contributed by atoms with Crippen LogP contribution in [0.3, 0.4) is 0 Å². The number of rotatable bonds is 3. The third kappa shape index (κ3) is 2.33. The Morgan fingerprint density at radius 2 is 2.12 bits per heavy atom. The van der Waals surface area contributed by atoms with E-state index in [0.29, 0.717) is 11.9 Å². The SMILES string of the molecule is CN(C(=O)C1CCCN1)C1CCN(C2CC2)C1. The van der Waals surface area contributed by atoms with Crippen LogP contribution in [0.15, 0.2) is 0 Å². The van der Waals surface area contributed by atoms with Crippen molar-refractivity contribution < 1.29 is 4.79 Å². The monoisotopic (exact) mass is 237 g/mol. The highest BCUT2D eigenvalue weighted by Crippen LogP contribution is 2.31. The summed E-state index contributed by atoms with van der Waals surface area (Å²) in [5, 5.41) is 3.30. The number of likely N-dealkylation sites (N-methyl/N-ethyl adjacent to an activating group) is 1. The van der Waals surface area contributed by atoms with Gasteiger partial charge in [0.1, 0.15) is 0 Å². The third-order valence-corrected chi connectivity index (χ3v) is 4.51. The molecule has 96 valence electrons. The van der Waals surface area contributed by atoms with Gasteiger partial charge in [-0.3, -0.25) is 9.69 Å². The summed E-state index contributed by atoms with van der Waals surface area (Å²) in [5.41, 5.74) is 0. The largest absolute Gasteiger partial charge is 0.340 e. The molecule has 3 aliphatic rings. The quantitative estimate of drug-likeness (QED) is 0.773. The van der Waals surface area contributed by atoms with Gasteiger partial charge in [0.25, 0.3) is 0 Å². The minimum Gasteiger partial charge on any atom is -0.340 e. The minimum atomic E-state index is 0.0926. The molecule has 2 unspecified atom stereocenters. The number of likely N-dealkylation sites (tertiary alicyclic amines) is 1. The molecule has 2 saturated heterocycles. The van der Waals surface area contributed by atoms with E-state index in [1.807, 2.05) is 11.9 Å². The van der Waals surface area contributed by atoms with Crippen LogP contribution >= 0.6 is 0 Å². The van der Waals surface area contributed by atoms with E-state index in [1.165, 1.54) is 19.4 Å². The third-order valence-electron chi connectivity index (χ3n) is 4.51. The Bertz CT molecular complexity index is 297. The molecule has 0 radical (unpaired) electrons. The lowest BCUT2D eigenvalue weighted by Gasteiger charge is -2.27.